The molecule has 3 aromatic rings. The zero-order valence-electron chi connectivity index (χ0n) is 19.5. The quantitative estimate of drug-likeness (QED) is 0.466. The van der Waals surface area contributed by atoms with Crippen LogP contribution in [-0.2, 0) is 22.6 Å². The van der Waals surface area contributed by atoms with E-state index in [0.717, 1.165) is 11.1 Å². The SMILES string of the molecule is CCOc1ccc(NC(=O)c2ccccc2NC(=O)CN2Cc3ccccc3C[C@@H]2C(N)=O)cc1. The number of nitrogens with one attached hydrogen (secondary N) is 2. The average molecular weight is 473 g/mol. The van der Waals surface area contributed by atoms with Crippen LogP contribution >= 0.6 is 0 Å². The Morgan fingerprint density at radius 3 is 2.34 bits per heavy atom. The molecule has 0 saturated heterocycles. The van der Waals surface area contributed by atoms with Crippen molar-refractivity contribution in [1.82, 2.24) is 4.90 Å². The van der Waals surface area contributed by atoms with Crippen LogP contribution in [0.1, 0.15) is 28.4 Å². The van der Waals surface area contributed by atoms with Gasteiger partial charge in [-0.1, -0.05) is 36.4 Å². The third-order valence-electron chi connectivity index (χ3n) is 5.89. The van der Waals surface area contributed by atoms with E-state index in [4.69, 9.17) is 10.5 Å². The number of carbonyl (C=O) groups is 3. The molecule has 180 valence electrons. The molecule has 8 heteroatoms. The van der Waals surface area contributed by atoms with Crippen LogP contribution in [0.2, 0.25) is 0 Å². The van der Waals surface area contributed by atoms with Crippen molar-refractivity contribution in [2.75, 3.05) is 23.8 Å². The van der Waals surface area contributed by atoms with Crippen LogP contribution < -0.4 is 21.1 Å². The zero-order chi connectivity index (χ0) is 24.8. The monoisotopic (exact) mass is 472 g/mol. The molecular formula is C27H28N4O4. The Morgan fingerprint density at radius 2 is 1.63 bits per heavy atom. The number of hydrogen-bond acceptors (Lipinski definition) is 5. The van der Waals surface area contributed by atoms with E-state index >= 15 is 0 Å². The number of anilines is 2. The van der Waals surface area contributed by atoms with Crippen molar-refractivity contribution < 1.29 is 19.1 Å². The van der Waals surface area contributed by atoms with Crippen LogP contribution in [-0.4, -0.2) is 41.8 Å². The van der Waals surface area contributed by atoms with Gasteiger partial charge in [-0.2, -0.15) is 0 Å². The van der Waals surface area contributed by atoms with E-state index < -0.39 is 11.9 Å². The second-order valence-electron chi connectivity index (χ2n) is 8.30. The number of amides is 3. The molecule has 0 aliphatic carbocycles. The van der Waals surface area contributed by atoms with E-state index in [0.29, 0.717) is 42.3 Å². The minimum Gasteiger partial charge on any atom is -0.494 e. The van der Waals surface area contributed by atoms with Crippen molar-refractivity contribution >= 4 is 29.1 Å². The molecule has 0 spiro atoms. The molecule has 0 radical (unpaired) electrons. The lowest BCUT2D eigenvalue weighted by Gasteiger charge is -2.34. The van der Waals surface area contributed by atoms with Crippen LogP contribution in [0.25, 0.3) is 0 Å². The molecule has 1 aliphatic rings. The number of ether oxygens (including phenoxy) is 1. The lowest BCUT2D eigenvalue weighted by Crippen LogP contribution is -2.51. The van der Waals surface area contributed by atoms with Crippen LogP contribution in [0.4, 0.5) is 11.4 Å². The van der Waals surface area contributed by atoms with Gasteiger partial charge in [0, 0.05) is 12.2 Å². The third kappa shape index (κ3) is 5.85. The van der Waals surface area contributed by atoms with Crippen LogP contribution in [0.3, 0.4) is 0 Å². The fourth-order valence-electron chi connectivity index (χ4n) is 4.19. The molecule has 3 amide bonds. The Morgan fingerprint density at radius 1 is 0.943 bits per heavy atom. The van der Waals surface area contributed by atoms with Crippen molar-refractivity contribution in [3.8, 4) is 5.75 Å². The highest BCUT2D eigenvalue weighted by molar-refractivity contribution is 6.10. The second kappa shape index (κ2) is 10.8. The third-order valence-corrected chi connectivity index (χ3v) is 5.89. The van der Waals surface area contributed by atoms with Gasteiger partial charge in [0.15, 0.2) is 0 Å². The number of primary amides is 1. The number of para-hydroxylation sites is 1. The first-order chi connectivity index (χ1) is 16.9. The van der Waals surface area contributed by atoms with Crippen molar-refractivity contribution in [3.63, 3.8) is 0 Å². The Kier molecular flexibility index (Phi) is 7.42. The van der Waals surface area contributed by atoms with Gasteiger partial charge >= 0.3 is 0 Å². The van der Waals surface area contributed by atoms with E-state index in [1.165, 1.54) is 0 Å². The number of hydrogen-bond donors (Lipinski definition) is 3. The first-order valence-corrected chi connectivity index (χ1v) is 11.5. The van der Waals surface area contributed by atoms with Crippen LogP contribution in [0.15, 0.2) is 72.8 Å². The van der Waals surface area contributed by atoms with Gasteiger partial charge in [-0.05, 0) is 60.9 Å². The molecule has 4 rings (SSSR count). The fraction of sp³-hybridized carbons (Fsp3) is 0.222. The van der Waals surface area contributed by atoms with Gasteiger partial charge in [0.05, 0.1) is 30.4 Å². The average Bonchev–Trinajstić information content (AvgIpc) is 2.85. The minimum absolute atomic E-state index is 0.0310. The first-order valence-electron chi connectivity index (χ1n) is 11.5. The lowest BCUT2D eigenvalue weighted by molar-refractivity contribution is -0.125. The first kappa shape index (κ1) is 24.0. The highest BCUT2D eigenvalue weighted by Crippen LogP contribution is 2.24. The summed E-state index contributed by atoms with van der Waals surface area (Å²) in [6, 6.07) is 21.1. The van der Waals surface area contributed by atoms with E-state index in [2.05, 4.69) is 10.6 Å². The number of rotatable bonds is 8. The predicted octanol–water partition coefficient (Wildman–Crippen LogP) is 3.19. The molecule has 0 bridgehead atoms. The molecular weight excluding hydrogens is 444 g/mol. The van der Waals surface area contributed by atoms with Crippen molar-refractivity contribution in [3.05, 3.63) is 89.5 Å². The van der Waals surface area contributed by atoms with E-state index in [1.54, 1.807) is 53.4 Å². The van der Waals surface area contributed by atoms with E-state index in [9.17, 15) is 14.4 Å². The number of benzene rings is 3. The molecule has 1 atom stereocenters. The Labute approximate surface area is 204 Å². The maximum atomic E-state index is 12.9. The summed E-state index contributed by atoms with van der Waals surface area (Å²) in [5.74, 6) is -0.445. The van der Waals surface area contributed by atoms with E-state index in [-0.39, 0.29) is 18.4 Å². The number of nitrogens with zero attached hydrogens (tertiary/aromatic N) is 1. The standard InChI is InChI=1S/C27H28N4O4/c1-2-35-21-13-11-20(12-14-21)29-27(34)22-9-5-6-10-23(22)30-25(32)17-31-16-19-8-4-3-7-18(19)15-24(31)26(28)33/h3-14,24H,2,15-17H2,1H3,(H2,28,33)(H,29,34)(H,30,32)/t24-/m1/s1. The van der Waals surface area contributed by atoms with Gasteiger partial charge in [0.2, 0.25) is 11.8 Å². The maximum Gasteiger partial charge on any atom is 0.257 e. The summed E-state index contributed by atoms with van der Waals surface area (Å²) >= 11 is 0. The molecule has 3 aromatic carbocycles. The molecule has 1 heterocycles. The van der Waals surface area contributed by atoms with Crippen molar-refractivity contribution in [1.29, 1.82) is 0 Å². The topological polar surface area (TPSA) is 114 Å². The van der Waals surface area contributed by atoms with Gasteiger partial charge in [-0.25, -0.2) is 0 Å². The largest absolute Gasteiger partial charge is 0.494 e. The van der Waals surface area contributed by atoms with Crippen molar-refractivity contribution in [2.45, 2.75) is 25.9 Å². The highest BCUT2D eigenvalue weighted by atomic mass is 16.5. The zero-order valence-corrected chi connectivity index (χ0v) is 19.5. The number of nitrogens with two attached hydrogens (primary N) is 1. The van der Waals surface area contributed by atoms with Gasteiger partial charge in [-0.3, -0.25) is 19.3 Å². The molecule has 0 unspecified atom stereocenters. The normalized spacial score (nSPS) is 15.1. The molecule has 8 nitrogen and oxygen atoms in total. The van der Waals surface area contributed by atoms with Gasteiger partial charge in [0.25, 0.3) is 5.91 Å². The molecule has 0 aromatic heterocycles. The fourth-order valence-corrected chi connectivity index (χ4v) is 4.19. The van der Waals surface area contributed by atoms with Gasteiger partial charge in [-0.15, -0.1) is 0 Å². The highest BCUT2D eigenvalue weighted by Gasteiger charge is 2.31. The van der Waals surface area contributed by atoms with Crippen LogP contribution in [0, 0.1) is 0 Å². The summed E-state index contributed by atoms with van der Waals surface area (Å²) in [4.78, 5) is 39.7. The summed E-state index contributed by atoms with van der Waals surface area (Å²) < 4.78 is 5.42. The van der Waals surface area contributed by atoms with Crippen LogP contribution in [0.5, 0.6) is 5.75 Å². The maximum absolute atomic E-state index is 12.9. The van der Waals surface area contributed by atoms with E-state index in [1.807, 2.05) is 31.2 Å². The lowest BCUT2D eigenvalue weighted by atomic mass is 9.93. The summed E-state index contributed by atoms with van der Waals surface area (Å²) in [7, 11) is 0. The number of carbonyl (C=O) groups excluding carboxylic acids is 3. The second-order valence-corrected chi connectivity index (χ2v) is 8.30. The van der Waals surface area contributed by atoms with Crippen molar-refractivity contribution in [2.24, 2.45) is 5.73 Å². The van der Waals surface area contributed by atoms with Gasteiger partial charge < -0.3 is 21.1 Å². The Hall–Kier alpha value is -4.17. The molecule has 35 heavy (non-hydrogen) atoms. The molecule has 0 fully saturated rings. The summed E-state index contributed by atoms with van der Waals surface area (Å²) in [6.45, 7) is 2.87. The Bertz CT molecular complexity index is 1230. The molecule has 4 N–H and O–H groups in total. The number of fused-ring (bicyclic) bond motifs is 1. The molecule has 1 aliphatic heterocycles. The summed E-state index contributed by atoms with van der Waals surface area (Å²) in [6.07, 6.45) is 0.458. The van der Waals surface area contributed by atoms with Gasteiger partial charge in [0.1, 0.15) is 5.75 Å². The summed E-state index contributed by atoms with van der Waals surface area (Å²) in [5.41, 5.74) is 9.07. The predicted molar refractivity (Wildman–Crippen MR) is 134 cm³/mol. The molecule has 0 saturated carbocycles. The Balaban J connectivity index is 1.44. The summed E-state index contributed by atoms with van der Waals surface area (Å²) in [5, 5.41) is 5.66. The smallest absolute Gasteiger partial charge is 0.257 e. The minimum atomic E-state index is -0.575.